The molecule has 8 nitrogen and oxygen atoms in total. The zero-order valence-electron chi connectivity index (χ0n) is 15.9. The minimum atomic E-state index is -0.247. The van der Waals surface area contributed by atoms with Gasteiger partial charge in [-0.3, -0.25) is 9.59 Å². The monoisotopic (exact) mass is 350 g/mol. The van der Waals surface area contributed by atoms with Crippen molar-refractivity contribution in [3.05, 3.63) is 11.9 Å². The summed E-state index contributed by atoms with van der Waals surface area (Å²) in [6, 6.07) is 0. The summed E-state index contributed by atoms with van der Waals surface area (Å²) in [4.78, 5) is 27.8. The van der Waals surface area contributed by atoms with Gasteiger partial charge in [-0.25, -0.2) is 4.68 Å². The Morgan fingerprint density at radius 3 is 2.68 bits per heavy atom. The maximum absolute atomic E-state index is 12.4. The van der Waals surface area contributed by atoms with Gasteiger partial charge in [-0.15, -0.1) is 5.10 Å². The SMILES string of the molecule is C[C@@H]1CCC[C@](CNC(=O)c2cn(CC(=O)N(C)C)nn2)(N(C)C)C1. The molecule has 1 aromatic rings. The maximum Gasteiger partial charge on any atom is 0.273 e. The van der Waals surface area contributed by atoms with Gasteiger partial charge >= 0.3 is 0 Å². The van der Waals surface area contributed by atoms with E-state index in [1.165, 1.54) is 28.6 Å². The lowest BCUT2D eigenvalue weighted by atomic mass is 9.75. The lowest BCUT2D eigenvalue weighted by Crippen LogP contribution is -2.55. The van der Waals surface area contributed by atoms with Gasteiger partial charge in [0, 0.05) is 26.2 Å². The van der Waals surface area contributed by atoms with E-state index in [9.17, 15) is 9.59 Å². The minimum Gasteiger partial charge on any atom is -0.349 e. The molecule has 1 fully saturated rings. The number of rotatable bonds is 6. The van der Waals surface area contributed by atoms with E-state index in [-0.39, 0.29) is 29.6 Å². The standard InChI is InChI=1S/C17H30N6O2/c1-13-7-6-8-17(9-13,22(4)5)12-18-16(25)14-10-23(20-19-14)11-15(24)21(2)3/h10,13H,6-9,11-12H2,1-5H3,(H,18,25)/t13-,17+/m1/s1. The summed E-state index contributed by atoms with van der Waals surface area (Å²) < 4.78 is 1.39. The highest BCUT2D eigenvalue weighted by molar-refractivity contribution is 5.92. The predicted octanol–water partition coefficient (Wildman–Crippen LogP) is 0.607. The van der Waals surface area contributed by atoms with E-state index in [0.29, 0.717) is 12.5 Å². The second kappa shape index (κ2) is 7.95. The molecule has 8 heteroatoms. The van der Waals surface area contributed by atoms with Gasteiger partial charge in [0.25, 0.3) is 5.91 Å². The Morgan fingerprint density at radius 1 is 1.36 bits per heavy atom. The van der Waals surface area contributed by atoms with Crippen LogP contribution in [0.4, 0.5) is 0 Å². The molecule has 0 bridgehead atoms. The fraction of sp³-hybridized carbons (Fsp3) is 0.765. The van der Waals surface area contributed by atoms with E-state index in [4.69, 9.17) is 0 Å². The molecule has 0 aromatic carbocycles. The van der Waals surface area contributed by atoms with Crippen molar-refractivity contribution in [3.63, 3.8) is 0 Å². The highest BCUT2D eigenvalue weighted by Gasteiger charge is 2.37. The fourth-order valence-corrected chi connectivity index (χ4v) is 3.45. The van der Waals surface area contributed by atoms with Gasteiger partial charge in [-0.05, 0) is 32.9 Å². The second-order valence-corrected chi connectivity index (χ2v) is 7.59. The summed E-state index contributed by atoms with van der Waals surface area (Å²) in [5.41, 5.74) is 0.230. The van der Waals surface area contributed by atoms with Crippen molar-refractivity contribution in [1.82, 2.24) is 30.1 Å². The molecular weight excluding hydrogens is 320 g/mol. The van der Waals surface area contributed by atoms with Crippen LogP contribution in [0.1, 0.15) is 43.1 Å². The summed E-state index contributed by atoms with van der Waals surface area (Å²) in [5.74, 6) is 0.314. The van der Waals surface area contributed by atoms with Gasteiger partial charge in [0.2, 0.25) is 5.91 Å². The number of nitrogens with one attached hydrogen (secondary N) is 1. The number of amides is 2. The molecular formula is C17H30N6O2. The smallest absolute Gasteiger partial charge is 0.273 e. The van der Waals surface area contributed by atoms with Crippen LogP contribution in [0.25, 0.3) is 0 Å². The molecule has 2 atom stereocenters. The molecule has 1 aromatic heterocycles. The molecule has 1 N–H and O–H groups in total. The molecule has 1 saturated carbocycles. The van der Waals surface area contributed by atoms with E-state index in [1.807, 2.05) is 0 Å². The number of carbonyl (C=O) groups is 2. The van der Waals surface area contributed by atoms with Crippen LogP contribution in [-0.4, -0.2) is 76.9 Å². The highest BCUT2D eigenvalue weighted by atomic mass is 16.2. The van der Waals surface area contributed by atoms with Crippen molar-refractivity contribution >= 4 is 11.8 Å². The molecule has 25 heavy (non-hydrogen) atoms. The summed E-state index contributed by atoms with van der Waals surface area (Å²) >= 11 is 0. The largest absolute Gasteiger partial charge is 0.349 e. The lowest BCUT2D eigenvalue weighted by Gasteiger charge is -2.45. The molecule has 0 unspecified atom stereocenters. The molecule has 0 aliphatic heterocycles. The molecule has 0 radical (unpaired) electrons. The third-order valence-electron chi connectivity index (χ3n) is 5.16. The van der Waals surface area contributed by atoms with E-state index < -0.39 is 0 Å². The van der Waals surface area contributed by atoms with Gasteiger partial charge in [0.05, 0.1) is 6.20 Å². The quantitative estimate of drug-likeness (QED) is 0.813. The van der Waals surface area contributed by atoms with Crippen LogP contribution in [0.2, 0.25) is 0 Å². The summed E-state index contributed by atoms with van der Waals surface area (Å²) in [6.45, 7) is 2.94. The first-order valence-electron chi connectivity index (χ1n) is 8.79. The number of carbonyl (C=O) groups excluding carboxylic acids is 2. The van der Waals surface area contributed by atoms with Crippen molar-refractivity contribution in [1.29, 1.82) is 0 Å². The lowest BCUT2D eigenvalue weighted by molar-refractivity contribution is -0.129. The van der Waals surface area contributed by atoms with E-state index in [0.717, 1.165) is 12.8 Å². The van der Waals surface area contributed by atoms with Crippen molar-refractivity contribution in [2.75, 3.05) is 34.7 Å². The predicted molar refractivity (Wildman–Crippen MR) is 95.1 cm³/mol. The molecule has 140 valence electrons. The topological polar surface area (TPSA) is 83.4 Å². The number of nitrogens with zero attached hydrogens (tertiary/aromatic N) is 5. The summed E-state index contributed by atoms with van der Waals surface area (Å²) in [5, 5.41) is 10.8. The van der Waals surface area contributed by atoms with Gasteiger partial charge in [-0.2, -0.15) is 0 Å². The number of hydrogen-bond donors (Lipinski definition) is 1. The molecule has 1 aliphatic rings. The summed E-state index contributed by atoms with van der Waals surface area (Å²) in [6.07, 6.45) is 6.09. The van der Waals surface area contributed by atoms with Crippen molar-refractivity contribution in [3.8, 4) is 0 Å². The van der Waals surface area contributed by atoms with Gasteiger partial charge in [0.1, 0.15) is 6.54 Å². The van der Waals surface area contributed by atoms with Gasteiger partial charge < -0.3 is 15.1 Å². The van der Waals surface area contributed by atoms with Crippen LogP contribution in [0, 0.1) is 5.92 Å². The average Bonchev–Trinajstić information content (AvgIpc) is 3.01. The second-order valence-electron chi connectivity index (χ2n) is 7.59. The third kappa shape index (κ3) is 4.78. The van der Waals surface area contributed by atoms with Crippen LogP contribution in [0.3, 0.4) is 0 Å². The van der Waals surface area contributed by atoms with Gasteiger partial charge in [-0.1, -0.05) is 25.0 Å². The highest BCUT2D eigenvalue weighted by Crippen LogP contribution is 2.35. The van der Waals surface area contributed by atoms with Crippen LogP contribution in [-0.2, 0) is 11.3 Å². The van der Waals surface area contributed by atoms with Crippen molar-refractivity contribution < 1.29 is 9.59 Å². The zero-order chi connectivity index (χ0) is 18.6. The van der Waals surface area contributed by atoms with Gasteiger partial charge in [0.15, 0.2) is 5.69 Å². The van der Waals surface area contributed by atoms with Crippen molar-refractivity contribution in [2.45, 2.75) is 44.7 Å². The van der Waals surface area contributed by atoms with E-state index >= 15 is 0 Å². The Morgan fingerprint density at radius 2 is 2.08 bits per heavy atom. The molecule has 1 heterocycles. The molecule has 0 saturated heterocycles. The Labute approximate surface area is 149 Å². The van der Waals surface area contributed by atoms with E-state index in [2.05, 4.69) is 41.5 Å². The molecule has 2 amide bonds. The molecule has 0 spiro atoms. The fourth-order valence-electron chi connectivity index (χ4n) is 3.45. The normalized spacial score (nSPS) is 23.5. The van der Waals surface area contributed by atoms with Crippen molar-refractivity contribution in [2.24, 2.45) is 5.92 Å². The number of aromatic nitrogens is 3. The first-order valence-corrected chi connectivity index (χ1v) is 8.79. The zero-order valence-corrected chi connectivity index (χ0v) is 15.9. The first-order chi connectivity index (χ1) is 11.7. The Bertz CT molecular complexity index is 612. The Kier molecular flexibility index (Phi) is 6.16. The molecule has 2 rings (SSSR count). The molecule has 1 aliphatic carbocycles. The Hall–Kier alpha value is -1.96. The maximum atomic E-state index is 12.4. The average molecular weight is 350 g/mol. The number of likely N-dealkylation sites (N-methyl/N-ethyl adjacent to an activating group) is 2. The number of hydrogen-bond acceptors (Lipinski definition) is 5. The minimum absolute atomic E-state index is 0.00971. The van der Waals surface area contributed by atoms with Crippen LogP contribution < -0.4 is 5.32 Å². The van der Waals surface area contributed by atoms with E-state index in [1.54, 1.807) is 14.1 Å². The summed E-state index contributed by atoms with van der Waals surface area (Å²) in [7, 11) is 7.51. The van der Waals surface area contributed by atoms with Crippen LogP contribution in [0.5, 0.6) is 0 Å². The third-order valence-corrected chi connectivity index (χ3v) is 5.16. The Balaban J connectivity index is 1.97. The van der Waals surface area contributed by atoms with Crippen LogP contribution >= 0.6 is 0 Å². The van der Waals surface area contributed by atoms with Crippen LogP contribution in [0.15, 0.2) is 6.20 Å². The first kappa shape index (κ1) is 19.4.